The largest absolute Gasteiger partial charge is 0.487 e. The summed E-state index contributed by atoms with van der Waals surface area (Å²) < 4.78 is 10.7. The Morgan fingerprint density at radius 1 is 1.18 bits per heavy atom. The second-order valence-electron chi connectivity index (χ2n) is 6.75. The van der Waals surface area contributed by atoms with Crippen LogP contribution < -0.4 is 10.6 Å². The third-order valence-electron chi connectivity index (χ3n) is 4.66. The Morgan fingerprint density at radius 3 is 2.75 bits per heavy atom. The summed E-state index contributed by atoms with van der Waals surface area (Å²) in [4.78, 5) is 27.1. The molecule has 7 nitrogen and oxygen atoms in total. The van der Waals surface area contributed by atoms with Crippen molar-refractivity contribution in [2.24, 2.45) is 0 Å². The van der Waals surface area contributed by atoms with Crippen LogP contribution in [-0.4, -0.2) is 68.5 Å². The van der Waals surface area contributed by atoms with Gasteiger partial charge < -0.3 is 20.1 Å². The summed E-state index contributed by atoms with van der Waals surface area (Å²) in [7, 11) is 0. The van der Waals surface area contributed by atoms with Gasteiger partial charge in [-0.2, -0.15) is 0 Å². The molecule has 3 rings (SSSR count). The summed E-state index contributed by atoms with van der Waals surface area (Å²) in [5.41, 5.74) is 2.03. The quantitative estimate of drug-likeness (QED) is 0.676. The smallest absolute Gasteiger partial charge is 0.291 e. The minimum atomic E-state index is -0.293. The minimum absolute atomic E-state index is 0.138. The molecule has 152 valence electrons. The first-order valence-corrected chi connectivity index (χ1v) is 10.6. The fourth-order valence-electron chi connectivity index (χ4n) is 3.00. The molecule has 0 atom stereocenters. The highest BCUT2D eigenvalue weighted by Crippen LogP contribution is 2.20. The Hall–Kier alpha value is -2.03. The van der Waals surface area contributed by atoms with Gasteiger partial charge in [0.25, 0.3) is 11.8 Å². The van der Waals surface area contributed by atoms with Crippen LogP contribution in [0.25, 0.3) is 0 Å². The van der Waals surface area contributed by atoms with E-state index in [1.165, 1.54) is 0 Å². The topological polar surface area (TPSA) is 79.9 Å². The number of benzene rings is 1. The SMILES string of the molecule is Cc1ccc(C(=O)NCCCN2CCOCC2)cc1NC(=O)C1=CSCCO1. The fourth-order valence-corrected chi connectivity index (χ4v) is 3.62. The number of hydrogen-bond donors (Lipinski definition) is 2. The molecule has 1 fully saturated rings. The lowest BCUT2D eigenvalue weighted by molar-refractivity contribution is -0.116. The molecule has 1 saturated heterocycles. The first kappa shape index (κ1) is 20.7. The zero-order chi connectivity index (χ0) is 19.8. The van der Waals surface area contributed by atoms with Crippen LogP contribution in [0.15, 0.2) is 29.4 Å². The molecule has 2 amide bonds. The number of nitrogens with one attached hydrogen (secondary N) is 2. The molecular weight excluding hydrogens is 378 g/mol. The van der Waals surface area contributed by atoms with Gasteiger partial charge in [0.2, 0.25) is 0 Å². The molecule has 0 radical (unpaired) electrons. The summed E-state index contributed by atoms with van der Waals surface area (Å²) in [6.45, 7) is 7.45. The Bertz CT molecular complexity index is 732. The number of hydrogen-bond acceptors (Lipinski definition) is 6. The number of carbonyl (C=O) groups excluding carboxylic acids is 2. The van der Waals surface area contributed by atoms with Crippen molar-refractivity contribution in [1.29, 1.82) is 0 Å². The number of amides is 2. The van der Waals surface area contributed by atoms with Gasteiger partial charge in [0.05, 0.1) is 19.8 Å². The van der Waals surface area contributed by atoms with E-state index in [0.29, 0.717) is 30.2 Å². The molecule has 2 aliphatic rings. The Morgan fingerprint density at radius 2 is 2.00 bits per heavy atom. The van der Waals surface area contributed by atoms with E-state index < -0.39 is 0 Å². The van der Waals surface area contributed by atoms with Crippen LogP contribution in [0.5, 0.6) is 0 Å². The molecule has 0 spiro atoms. The standard InChI is InChI=1S/C20H27N3O4S/c1-15-3-4-16(13-17(15)22-20(25)18-14-28-12-11-27-18)19(24)21-5-2-6-23-7-9-26-10-8-23/h3-4,13-14H,2,5-12H2,1H3,(H,21,24)(H,22,25). The average Bonchev–Trinajstić information content (AvgIpc) is 2.74. The Balaban J connectivity index is 1.50. The molecule has 0 aliphatic carbocycles. The van der Waals surface area contributed by atoms with Crippen LogP contribution in [0.2, 0.25) is 0 Å². The molecule has 2 heterocycles. The summed E-state index contributed by atoms with van der Waals surface area (Å²) in [5.74, 6) is 0.727. The predicted octanol–water partition coefficient (Wildman–Crippen LogP) is 1.99. The third-order valence-corrected chi connectivity index (χ3v) is 5.44. The summed E-state index contributed by atoms with van der Waals surface area (Å²) >= 11 is 1.55. The molecule has 2 N–H and O–H groups in total. The third kappa shape index (κ3) is 5.98. The number of ether oxygens (including phenoxy) is 2. The van der Waals surface area contributed by atoms with Crippen molar-refractivity contribution in [3.8, 4) is 0 Å². The molecule has 0 unspecified atom stereocenters. The van der Waals surface area contributed by atoms with Gasteiger partial charge in [-0.3, -0.25) is 14.5 Å². The molecule has 1 aromatic carbocycles. The van der Waals surface area contributed by atoms with Gasteiger partial charge >= 0.3 is 0 Å². The first-order valence-electron chi connectivity index (χ1n) is 9.58. The molecule has 0 aromatic heterocycles. The summed E-state index contributed by atoms with van der Waals surface area (Å²) in [5, 5.41) is 7.52. The minimum Gasteiger partial charge on any atom is -0.487 e. The van der Waals surface area contributed by atoms with Crippen LogP contribution in [-0.2, 0) is 14.3 Å². The fraction of sp³-hybridized carbons (Fsp3) is 0.500. The van der Waals surface area contributed by atoms with Crippen LogP contribution >= 0.6 is 11.8 Å². The highest BCUT2D eigenvalue weighted by molar-refractivity contribution is 8.02. The second-order valence-corrected chi connectivity index (χ2v) is 7.73. The van der Waals surface area contributed by atoms with E-state index in [1.54, 1.807) is 29.3 Å². The van der Waals surface area contributed by atoms with Crippen molar-refractivity contribution >= 4 is 29.3 Å². The maximum Gasteiger partial charge on any atom is 0.291 e. The molecule has 8 heteroatoms. The monoisotopic (exact) mass is 405 g/mol. The van der Waals surface area contributed by atoms with Gasteiger partial charge in [-0.15, -0.1) is 11.8 Å². The number of thioether (sulfide) groups is 1. The van der Waals surface area contributed by atoms with Gasteiger partial charge in [0.1, 0.15) is 0 Å². The van der Waals surface area contributed by atoms with Gasteiger partial charge in [-0.1, -0.05) is 6.07 Å². The molecular formula is C20H27N3O4S. The number of aryl methyl sites for hydroxylation is 1. The van der Waals surface area contributed by atoms with Crippen molar-refractivity contribution in [3.05, 3.63) is 40.5 Å². The van der Waals surface area contributed by atoms with Crippen LogP contribution in [0.4, 0.5) is 5.69 Å². The van der Waals surface area contributed by atoms with Crippen LogP contribution in [0, 0.1) is 6.92 Å². The van der Waals surface area contributed by atoms with Crippen LogP contribution in [0.3, 0.4) is 0 Å². The first-order chi connectivity index (χ1) is 13.6. The highest BCUT2D eigenvalue weighted by atomic mass is 32.2. The lowest BCUT2D eigenvalue weighted by Gasteiger charge is -2.26. The van der Waals surface area contributed by atoms with Crippen LogP contribution in [0.1, 0.15) is 22.3 Å². The molecule has 0 bridgehead atoms. The van der Waals surface area contributed by atoms with E-state index in [2.05, 4.69) is 15.5 Å². The number of anilines is 1. The second kappa shape index (κ2) is 10.5. The zero-order valence-electron chi connectivity index (χ0n) is 16.2. The molecule has 1 aromatic rings. The van der Waals surface area contributed by atoms with Crippen molar-refractivity contribution in [3.63, 3.8) is 0 Å². The summed E-state index contributed by atoms with van der Waals surface area (Å²) in [6, 6.07) is 5.32. The van der Waals surface area contributed by atoms with E-state index in [1.807, 2.05) is 13.0 Å². The van der Waals surface area contributed by atoms with Crippen molar-refractivity contribution in [1.82, 2.24) is 10.2 Å². The predicted molar refractivity (Wildman–Crippen MR) is 111 cm³/mol. The maximum atomic E-state index is 12.4. The Labute approximate surface area is 169 Å². The lowest BCUT2D eigenvalue weighted by Crippen LogP contribution is -2.38. The number of carbonyl (C=O) groups is 2. The summed E-state index contributed by atoms with van der Waals surface area (Å²) in [6.07, 6.45) is 0.893. The lowest BCUT2D eigenvalue weighted by atomic mass is 10.1. The van der Waals surface area contributed by atoms with Gasteiger partial charge in [-0.05, 0) is 37.6 Å². The Kier molecular flexibility index (Phi) is 7.76. The maximum absolute atomic E-state index is 12.4. The zero-order valence-corrected chi connectivity index (χ0v) is 17.0. The van der Waals surface area contributed by atoms with E-state index in [-0.39, 0.29) is 11.8 Å². The number of morpholine rings is 1. The van der Waals surface area contributed by atoms with Gasteiger partial charge in [0.15, 0.2) is 5.76 Å². The number of rotatable bonds is 7. The molecule has 2 aliphatic heterocycles. The van der Waals surface area contributed by atoms with E-state index in [9.17, 15) is 9.59 Å². The van der Waals surface area contributed by atoms with Crippen molar-refractivity contribution in [2.75, 3.05) is 57.1 Å². The highest BCUT2D eigenvalue weighted by Gasteiger charge is 2.16. The van der Waals surface area contributed by atoms with Gasteiger partial charge in [-0.25, -0.2) is 0 Å². The molecule has 28 heavy (non-hydrogen) atoms. The van der Waals surface area contributed by atoms with E-state index >= 15 is 0 Å². The van der Waals surface area contributed by atoms with Gasteiger partial charge in [0, 0.05) is 42.0 Å². The average molecular weight is 406 g/mol. The number of nitrogens with zero attached hydrogens (tertiary/aromatic N) is 1. The normalized spacial score (nSPS) is 17.4. The van der Waals surface area contributed by atoms with Crippen molar-refractivity contribution < 1.29 is 19.1 Å². The van der Waals surface area contributed by atoms with E-state index in [4.69, 9.17) is 9.47 Å². The van der Waals surface area contributed by atoms with Crippen molar-refractivity contribution in [2.45, 2.75) is 13.3 Å². The van der Waals surface area contributed by atoms with E-state index in [0.717, 1.165) is 50.6 Å². The molecule has 0 saturated carbocycles.